The number of hydrogen-bond acceptors (Lipinski definition) is 2. The smallest absolute Gasteiger partial charge is 0.0324 e. The van der Waals surface area contributed by atoms with Gasteiger partial charge < -0.3 is 0 Å². The Balaban J connectivity index is 0.000000461. The van der Waals surface area contributed by atoms with Crippen LogP contribution in [-0.2, 0) is 6.54 Å². The molecule has 0 saturated carbocycles. The summed E-state index contributed by atoms with van der Waals surface area (Å²) in [6.07, 6.45) is 0. The normalized spacial score (nSPS) is 13.5. The maximum absolute atomic E-state index is 3.27. The molecule has 0 atom stereocenters. The minimum Gasteiger partial charge on any atom is -0.255 e. The average Bonchev–Trinajstić information content (AvgIpc) is 2.67. The summed E-state index contributed by atoms with van der Waals surface area (Å²) in [5.74, 6) is 0.640. The van der Waals surface area contributed by atoms with Gasteiger partial charge in [0.1, 0.15) is 0 Å². The Labute approximate surface area is 91.4 Å². The zero-order valence-electron chi connectivity index (χ0n) is 9.42. The van der Waals surface area contributed by atoms with Crippen LogP contribution in [0.2, 0.25) is 0 Å². The number of benzene rings is 1. The van der Waals surface area contributed by atoms with Gasteiger partial charge in [-0.3, -0.25) is 4.72 Å². The molecule has 0 unspecified atom stereocenters. The molecule has 0 amide bonds. The highest BCUT2D eigenvalue weighted by atomic mass is 32.2. The summed E-state index contributed by atoms with van der Waals surface area (Å²) in [5, 5.41) is 0. The largest absolute Gasteiger partial charge is 0.255 e. The average molecular weight is 209 g/mol. The third-order valence-corrected chi connectivity index (χ3v) is 3.10. The Bertz CT molecular complexity index is 294. The van der Waals surface area contributed by atoms with Crippen LogP contribution in [0.1, 0.15) is 44.7 Å². The van der Waals surface area contributed by atoms with E-state index in [2.05, 4.69) is 36.8 Å². The predicted molar refractivity (Wildman–Crippen MR) is 64.6 cm³/mol. The summed E-state index contributed by atoms with van der Waals surface area (Å²) in [7, 11) is 0. The molecule has 1 aromatic carbocycles. The molecule has 0 saturated heterocycles. The van der Waals surface area contributed by atoms with Crippen LogP contribution in [0.15, 0.2) is 23.1 Å². The van der Waals surface area contributed by atoms with Crippen molar-refractivity contribution in [2.75, 3.05) is 0 Å². The van der Waals surface area contributed by atoms with E-state index in [9.17, 15) is 0 Å². The van der Waals surface area contributed by atoms with Crippen molar-refractivity contribution in [1.29, 1.82) is 0 Å². The van der Waals surface area contributed by atoms with Gasteiger partial charge in [-0.1, -0.05) is 39.8 Å². The van der Waals surface area contributed by atoms with Crippen molar-refractivity contribution in [3.8, 4) is 0 Å². The molecular weight excluding hydrogens is 190 g/mol. The van der Waals surface area contributed by atoms with Gasteiger partial charge in [0.05, 0.1) is 0 Å². The summed E-state index contributed by atoms with van der Waals surface area (Å²) in [6, 6.07) is 6.76. The fourth-order valence-corrected chi connectivity index (χ4v) is 2.17. The number of fused-ring (bicyclic) bond motifs is 1. The second-order valence-corrected chi connectivity index (χ2v) is 4.38. The van der Waals surface area contributed by atoms with Gasteiger partial charge in [0.25, 0.3) is 0 Å². The van der Waals surface area contributed by atoms with Gasteiger partial charge in [-0.25, -0.2) is 0 Å². The highest BCUT2D eigenvalue weighted by molar-refractivity contribution is 7.97. The highest BCUT2D eigenvalue weighted by Crippen LogP contribution is 2.29. The molecule has 1 nitrogen and oxygen atoms in total. The van der Waals surface area contributed by atoms with Gasteiger partial charge in [-0.2, -0.15) is 0 Å². The molecule has 0 fully saturated rings. The van der Waals surface area contributed by atoms with Crippen LogP contribution in [0.5, 0.6) is 0 Å². The summed E-state index contributed by atoms with van der Waals surface area (Å²) in [4.78, 5) is 1.39. The van der Waals surface area contributed by atoms with Crippen molar-refractivity contribution in [2.24, 2.45) is 0 Å². The summed E-state index contributed by atoms with van der Waals surface area (Å²) < 4.78 is 3.27. The lowest BCUT2D eigenvalue weighted by Gasteiger charge is -2.06. The molecule has 2 rings (SSSR count). The summed E-state index contributed by atoms with van der Waals surface area (Å²) in [5.41, 5.74) is 2.89. The van der Waals surface area contributed by atoms with Crippen molar-refractivity contribution in [1.82, 2.24) is 4.72 Å². The van der Waals surface area contributed by atoms with Gasteiger partial charge in [0.2, 0.25) is 0 Å². The Kier molecular flexibility index (Phi) is 4.49. The first-order valence-electron chi connectivity index (χ1n) is 5.30. The minimum atomic E-state index is 0.640. The minimum absolute atomic E-state index is 0.640. The van der Waals surface area contributed by atoms with Crippen LogP contribution in [0.4, 0.5) is 0 Å². The molecule has 78 valence electrons. The number of hydrogen-bond donors (Lipinski definition) is 1. The molecule has 0 bridgehead atoms. The number of nitrogens with one attached hydrogen (secondary N) is 1. The van der Waals surface area contributed by atoms with Crippen LogP contribution in [0, 0.1) is 0 Å². The third kappa shape index (κ3) is 2.52. The first kappa shape index (κ1) is 11.6. The predicted octanol–water partition coefficient (Wildman–Crippen LogP) is 3.95. The topological polar surface area (TPSA) is 12.0 Å². The van der Waals surface area contributed by atoms with E-state index in [1.165, 1.54) is 16.0 Å². The molecule has 0 spiro atoms. The third-order valence-electron chi connectivity index (χ3n) is 2.20. The fraction of sp³-hybridized carbons (Fsp3) is 0.500. The first-order valence-corrected chi connectivity index (χ1v) is 6.11. The van der Waals surface area contributed by atoms with Crippen molar-refractivity contribution in [2.45, 2.75) is 45.1 Å². The maximum atomic E-state index is 3.27. The molecule has 2 heteroatoms. The fourth-order valence-electron chi connectivity index (χ4n) is 1.39. The second-order valence-electron chi connectivity index (χ2n) is 3.45. The summed E-state index contributed by atoms with van der Waals surface area (Å²) >= 11 is 1.74. The van der Waals surface area contributed by atoms with E-state index in [0.29, 0.717) is 5.92 Å². The zero-order valence-corrected chi connectivity index (χ0v) is 10.2. The van der Waals surface area contributed by atoms with Gasteiger partial charge in [0, 0.05) is 11.4 Å². The molecule has 1 aliphatic rings. The molecule has 0 aliphatic carbocycles. The van der Waals surface area contributed by atoms with E-state index in [-0.39, 0.29) is 0 Å². The molecule has 0 aromatic heterocycles. The van der Waals surface area contributed by atoms with Crippen molar-refractivity contribution in [3.63, 3.8) is 0 Å². The molecule has 1 N–H and O–H groups in total. The molecule has 1 aliphatic heterocycles. The van der Waals surface area contributed by atoms with Gasteiger partial charge in [-0.05, 0) is 35.1 Å². The lowest BCUT2D eigenvalue weighted by Crippen LogP contribution is -1.93. The van der Waals surface area contributed by atoms with Crippen LogP contribution < -0.4 is 4.72 Å². The zero-order chi connectivity index (χ0) is 10.6. The molecular formula is C12H19NS. The van der Waals surface area contributed by atoms with Gasteiger partial charge >= 0.3 is 0 Å². The molecule has 1 heterocycles. The van der Waals surface area contributed by atoms with E-state index in [1.54, 1.807) is 11.9 Å². The lowest BCUT2D eigenvalue weighted by atomic mass is 10.0. The molecule has 1 aromatic rings. The maximum Gasteiger partial charge on any atom is 0.0324 e. The van der Waals surface area contributed by atoms with Crippen LogP contribution in [0.25, 0.3) is 0 Å². The van der Waals surface area contributed by atoms with Gasteiger partial charge in [-0.15, -0.1) is 0 Å². The van der Waals surface area contributed by atoms with Crippen LogP contribution in [-0.4, -0.2) is 0 Å². The second kappa shape index (κ2) is 5.42. The van der Waals surface area contributed by atoms with Crippen LogP contribution >= 0.6 is 11.9 Å². The SMILES string of the molecule is CC.CC(C)c1ccc2c(c1)CNS2. The number of rotatable bonds is 1. The van der Waals surface area contributed by atoms with Crippen LogP contribution in [0.3, 0.4) is 0 Å². The molecule has 0 radical (unpaired) electrons. The van der Waals surface area contributed by atoms with Crippen molar-refractivity contribution < 1.29 is 0 Å². The van der Waals surface area contributed by atoms with Gasteiger partial charge in [0.15, 0.2) is 0 Å². The Morgan fingerprint density at radius 2 is 2.00 bits per heavy atom. The Hall–Kier alpha value is -0.470. The quantitative estimate of drug-likeness (QED) is 0.703. The summed E-state index contributed by atoms with van der Waals surface area (Å²) in [6.45, 7) is 9.48. The first-order chi connectivity index (χ1) is 6.77. The standard InChI is InChI=1S/C10H13NS.C2H6/c1-7(2)8-3-4-10-9(5-8)6-11-12-10;1-2/h3-5,7,11H,6H2,1-2H3;1-2H3. The van der Waals surface area contributed by atoms with E-state index in [4.69, 9.17) is 0 Å². The van der Waals surface area contributed by atoms with Crippen molar-refractivity contribution >= 4 is 11.9 Å². The Morgan fingerprint density at radius 3 is 2.64 bits per heavy atom. The van der Waals surface area contributed by atoms with E-state index < -0.39 is 0 Å². The highest BCUT2D eigenvalue weighted by Gasteiger charge is 2.11. The van der Waals surface area contributed by atoms with E-state index >= 15 is 0 Å². The monoisotopic (exact) mass is 209 g/mol. The van der Waals surface area contributed by atoms with Crippen molar-refractivity contribution in [3.05, 3.63) is 29.3 Å². The lowest BCUT2D eigenvalue weighted by molar-refractivity contribution is 0.857. The molecule has 14 heavy (non-hydrogen) atoms. The van der Waals surface area contributed by atoms with E-state index in [0.717, 1.165) is 6.54 Å². The Morgan fingerprint density at radius 1 is 1.29 bits per heavy atom. The van der Waals surface area contributed by atoms with E-state index in [1.807, 2.05) is 13.8 Å².